The minimum absolute atomic E-state index is 0.0455. The quantitative estimate of drug-likeness (QED) is 0.709. The fourth-order valence-corrected chi connectivity index (χ4v) is 4.58. The Morgan fingerprint density at radius 3 is 2.34 bits per heavy atom. The van der Waals surface area contributed by atoms with Gasteiger partial charge in [0.25, 0.3) is 0 Å². The van der Waals surface area contributed by atoms with E-state index in [4.69, 9.17) is 9.47 Å². The highest BCUT2D eigenvalue weighted by atomic mass is 32.2. The molecule has 0 radical (unpaired) electrons. The minimum Gasteiger partial charge on any atom is -0.480 e. The Morgan fingerprint density at radius 2 is 1.79 bits per heavy atom. The molecule has 1 heterocycles. The van der Waals surface area contributed by atoms with Gasteiger partial charge in [0.15, 0.2) is 0 Å². The van der Waals surface area contributed by atoms with Crippen LogP contribution >= 0.6 is 0 Å². The van der Waals surface area contributed by atoms with E-state index >= 15 is 0 Å². The van der Waals surface area contributed by atoms with Gasteiger partial charge in [-0.3, -0.25) is 4.79 Å². The molecule has 1 aliphatic rings. The zero-order valence-electron chi connectivity index (χ0n) is 15.8. The van der Waals surface area contributed by atoms with E-state index in [1.165, 1.54) is 48.5 Å². The predicted molar refractivity (Wildman–Crippen MR) is 103 cm³/mol. The first kappa shape index (κ1) is 21.2. The Morgan fingerprint density at radius 1 is 1.21 bits per heavy atom. The van der Waals surface area contributed by atoms with Gasteiger partial charge < -0.3 is 14.6 Å². The van der Waals surface area contributed by atoms with Gasteiger partial charge in [0, 0.05) is 19.4 Å². The molecule has 3 rings (SSSR count). The normalized spacial score (nSPS) is 22.2. The second-order valence-electron chi connectivity index (χ2n) is 6.88. The van der Waals surface area contributed by atoms with E-state index in [0.29, 0.717) is 17.9 Å². The molecule has 2 aromatic rings. The second-order valence-corrected chi connectivity index (χ2v) is 8.56. The summed E-state index contributed by atoms with van der Waals surface area (Å²) in [6.07, 6.45) is 0.369. The maximum atomic E-state index is 13.0. The largest absolute Gasteiger partial charge is 0.480 e. The molecule has 0 saturated carbocycles. The molecule has 1 fully saturated rings. The molecule has 0 aliphatic carbocycles. The number of hydrogen-bond donors (Lipinski definition) is 2. The first-order valence-corrected chi connectivity index (χ1v) is 10.6. The average molecular weight is 423 g/mol. The number of halogens is 1. The van der Waals surface area contributed by atoms with Crippen LogP contribution in [0.1, 0.15) is 26.2 Å². The number of carboxylic acids is 1. The van der Waals surface area contributed by atoms with Gasteiger partial charge >= 0.3 is 5.97 Å². The van der Waals surface area contributed by atoms with Gasteiger partial charge in [-0.05, 0) is 55.0 Å². The third-order valence-electron chi connectivity index (χ3n) is 4.84. The molecule has 0 amide bonds. The molecule has 2 atom stereocenters. The second kappa shape index (κ2) is 8.48. The standard InChI is InChI=1S/C20H22FNO6S/c1-2-15-13-20(19(23)24,11-12-27-15)22-29(25,26)18-9-7-17(8-10-18)28-16-5-3-14(21)4-6-16/h3-10,15,22H,2,11-13H2,1H3,(H,23,24). The van der Waals surface area contributed by atoms with Crippen molar-refractivity contribution in [3.05, 3.63) is 54.3 Å². The Balaban J connectivity index is 1.77. The topological polar surface area (TPSA) is 102 Å². The number of benzene rings is 2. The van der Waals surface area contributed by atoms with Crippen LogP contribution in [-0.2, 0) is 19.6 Å². The Bertz CT molecular complexity index is 961. The molecule has 1 saturated heterocycles. The summed E-state index contributed by atoms with van der Waals surface area (Å²) in [6, 6.07) is 11.0. The summed E-state index contributed by atoms with van der Waals surface area (Å²) in [5, 5.41) is 9.71. The summed E-state index contributed by atoms with van der Waals surface area (Å²) in [4.78, 5) is 11.8. The first-order valence-electron chi connectivity index (χ1n) is 9.16. The van der Waals surface area contributed by atoms with Crippen LogP contribution in [0.5, 0.6) is 11.5 Å². The zero-order valence-corrected chi connectivity index (χ0v) is 16.6. The van der Waals surface area contributed by atoms with Gasteiger partial charge in [-0.25, -0.2) is 12.8 Å². The molecule has 9 heteroatoms. The van der Waals surface area contributed by atoms with E-state index in [0.717, 1.165) is 0 Å². The molecule has 2 aromatic carbocycles. The molecule has 2 unspecified atom stereocenters. The van der Waals surface area contributed by atoms with Crippen molar-refractivity contribution in [3.8, 4) is 11.5 Å². The van der Waals surface area contributed by atoms with Gasteiger partial charge in [-0.15, -0.1) is 0 Å². The maximum absolute atomic E-state index is 13.0. The highest BCUT2D eigenvalue weighted by molar-refractivity contribution is 7.89. The smallest absolute Gasteiger partial charge is 0.325 e. The third kappa shape index (κ3) is 4.92. The first-order chi connectivity index (χ1) is 13.7. The molecular formula is C20H22FNO6S. The highest BCUT2D eigenvalue weighted by Gasteiger charge is 2.46. The lowest BCUT2D eigenvalue weighted by atomic mass is 9.87. The van der Waals surface area contributed by atoms with Crippen molar-refractivity contribution < 1.29 is 32.2 Å². The molecular weight excluding hydrogens is 401 g/mol. The number of sulfonamides is 1. The summed E-state index contributed by atoms with van der Waals surface area (Å²) in [6.45, 7) is 2.02. The Kier molecular flexibility index (Phi) is 6.21. The van der Waals surface area contributed by atoms with Gasteiger partial charge in [0.05, 0.1) is 11.0 Å². The van der Waals surface area contributed by atoms with Crippen LogP contribution in [0, 0.1) is 5.82 Å². The lowest BCUT2D eigenvalue weighted by Crippen LogP contribution is -2.59. The fourth-order valence-electron chi connectivity index (χ4n) is 3.18. The van der Waals surface area contributed by atoms with Gasteiger partial charge in [-0.2, -0.15) is 4.72 Å². The number of carbonyl (C=O) groups is 1. The fraction of sp³-hybridized carbons (Fsp3) is 0.350. The van der Waals surface area contributed by atoms with E-state index in [9.17, 15) is 22.7 Å². The predicted octanol–water partition coefficient (Wildman–Crippen LogP) is 3.31. The number of carboxylic acid groups (broad SMARTS) is 1. The van der Waals surface area contributed by atoms with Crippen LogP contribution < -0.4 is 9.46 Å². The van der Waals surface area contributed by atoms with Crippen molar-refractivity contribution in [1.29, 1.82) is 0 Å². The Hall–Kier alpha value is -2.49. The van der Waals surface area contributed by atoms with Crippen molar-refractivity contribution in [2.24, 2.45) is 0 Å². The molecule has 29 heavy (non-hydrogen) atoms. The van der Waals surface area contributed by atoms with Crippen LogP contribution in [-0.4, -0.2) is 37.7 Å². The molecule has 0 aromatic heterocycles. The number of nitrogens with one attached hydrogen (secondary N) is 1. The van der Waals surface area contributed by atoms with E-state index < -0.39 is 27.3 Å². The SMILES string of the molecule is CCC1CC(NS(=O)(=O)c2ccc(Oc3ccc(F)cc3)cc2)(C(=O)O)CCO1. The van der Waals surface area contributed by atoms with Crippen LogP contribution in [0.4, 0.5) is 4.39 Å². The third-order valence-corrected chi connectivity index (χ3v) is 6.39. The lowest BCUT2D eigenvalue weighted by Gasteiger charge is -2.37. The molecule has 1 aliphatic heterocycles. The zero-order chi connectivity index (χ0) is 21.1. The minimum atomic E-state index is -4.08. The Labute approximate surface area is 168 Å². The van der Waals surface area contributed by atoms with Crippen molar-refractivity contribution in [1.82, 2.24) is 4.72 Å². The molecule has 156 valence electrons. The number of rotatable bonds is 7. The van der Waals surface area contributed by atoms with E-state index in [2.05, 4.69) is 4.72 Å². The van der Waals surface area contributed by atoms with Crippen molar-refractivity contribution in [2.75, 3.05) is 6.61 Å². The summed E-state index contributed by atoms with van der Waals surface area (Å²) in [5.41, 5.74) is -1.61. The highest BCUT2D eigenvalue weighted by Crippen LogP contribution is 2.30. The maximum Gasteiger partial charge on any atom is 0.325 e. The summed E-state index contributed by atoms with van der Waals surface area (Å²) >= 11 is 0. The monoisotopic (exact) mass is 423 g/mol. The molecule has 2 N–H and O–H groups in total. The molecule has 7 nitrogen and oxygen atoms in total. The number of aliphatic carboxylic acids is 1. The van der Waals surface area contributed by atoms with Crippen LogP contribution in [0.2, 0.25) is 0 Å². The average Bonchev–Trinajstić information content (AvgIpc) is 2.70. The summed E-state index contributed by atoms with van der Waals surface area (Å²) in [7, 11) is -4.08. The number of ether oxygens (including phenoxy) is 2. The van der Waals surface area contributed by atoms with Gasteiger partial charge in [-0.1, -0.05) is 6.92 Å². The molecule has 0 bridgehead atoms. The van der Waals surface area contributed by atoms with Crippen molar-refractivity contribution >= 4 is 16.0 Å². The van der Waals surface area contributed by atoms with E-state index in [1.807, 2.05) is 6.92 Å². The van der Waals surface area contributed by atoms with Gasteiger partial charge in [0.1, 0.15) is 22.9 Å². The van der Waals surface area contributed by atoms with Crippen molar-refractivity contribution in [3.63, 3.8) is 0 Å². The lowest BCUT2D eigenvalue weighted by molar-refractivity contribution is -0.150. The van der Waals surface area contributed by atoms with Crippen LogP contribution in [0.15, 0.2) is 53.4 Å². The van der Waals surface area contributed by atoms with E-state index in [-0.39, 0.29) is 30.4 Å². The van der Waals surface area contributed by atoms with Gasteiger partial charge in [0.2, 0.25) is 10.0 Å². The van der Waals surface area contributed by atoms with Crippen LogP contribution in [0.3, 0.4) is 0 Å². The van der Waals surface area contributed by atoms with Crippen molar-refractivity contribution in [2.45, 2.75) is 42.7 Å². The summed E-state index contributed by atoms with van der Waals surface area (Å²) < 4.78 is 52.0. The molecule has 0 spiro atoms. The number of hydrogen-bond acceptors (Lipinski definition) is 5. The van der Waals surface area contributed by atoms with E-state index in [1.54, 1.807) is 0 Å². The summed E-state index contributed by atoms with van der Waals surface area (Å²) in [5.74, 6) is -0.854. The van der Waals surface area contributed by atoms with Crippen LogP contribution in [0.25, 0.3) is 0 Å².